The van der Waals surface area contributed by atoms with Gasteiger partial charge in [0.15, 0.2) is 11.6 Å². The topological polar surface area (TPSA) is 72.5 Å². The number of anilines is 1. The maximum absolute atomic E-state index is 12.1. The summed E-state index contributed by atoms with van der Waals surface area (Å²) in [6.45, 7) is 6.26. The van der Waals surface area contributed by atoms with Gasteiger partial charge in [-0.05, 0) is 42.7 Å². The fraction of sp³-hybridized carbons (Fsp3) is 0.450. The number of unbranched alkanes of at least 4 members (excludes halogenated alkanes) is 3. The Morgan fingerprint density at radius 1 is 1.16 bits per heavy atom. The van der Waals surface area contributed by atoms with E-state index in [1.807, 2.05) is 0 Å². The van der Waals surface area contributed by atoms with E-state index in [0.29, 0.717) is 36.3 Å². The summed E-state index contributed by atoms with van der Waals surface area (Å²) in [5.74, 6) is -0.749. The van der Waals surface area contributed by atoms with Crippen LogP contribution in [0.3, 0.4) is 0 Å². The van der Waals surface area contributed by atoms with Gasteiger partial charge in [0, 0.05) is 12.1 Å². The van der Waals surface area contributed by atoms with Crippen molar-refractivity contribution in [3.05, 3.63) is 42.0 Å². The summed E-state index contributed by atoms with van der Waals surface area (Å²) in [6, 6.07) is 5.72. The monoisotopic (exact) mass is 343 g/mol. The maximum atomic E-state index is 12.1. The molecule has 2 rings (SSSR count). The van der Waals surface area contributed by atoms with Crippen LogP contribution in [-0.2, 0) is 14.3 Å². The average molecular weight is 343 g/mol. The van der Waals surface area contributed by atoms with E-state index in [4.69, 9.17) is 4.74 Å². The Morgan fingerprint density at radius 2 is 1.88 bits per heavy atom. The lowest BCUT2D eigenvalue weighted by Crippen LogP contribution is -2.41. The molecule has 0 saturated heterocycles. The third-order valence-corrected chi connectivity index (χ3v) is 4.27. The molecule has 1 fully saturated rings. The summed E-state index contributed by atoms with van der Waals surface area (Å²) >= 11 is 0. The number of Topliss-reactive ketones (excluding diaryl/α,β-unsaturated/α-hetero) is 2. The highest BCUT2D eigenvalue weighted by Crippen LogP contribution is 2.20. The van der Waals surface area contributed by atoms with Crippen LogP contribution in [0.1, 0.15) is 55.8 Å². The number of hydrogen-bond acceptors (Lipinski definition) is 5. The highest BCUT2D eigenvalue weighted by molar-refractivity contribution is 6.17. The molecule has 1 saturated carbocycles. The van der Waals surface area contributed by atoms with Gasteiger partial charge in [-0.15, -0.1) is 0 Å². The van der Waals surface area contributed by atoms with Crippen LogP contribution < -0.4 is 5.32 Å². The minimum atomic E-state index is -0.877. The quantitative estimate of drug-likeness (QED) is 0.337. The van der Waals surface area contributed by atoms with Crippen molar-refractivity contribution >= 4 is 23.2 Å². The molecule has 1 unspecified atom stereocenters. The molecular formula is C20H25NO4. The second-order valence-corrected chi connectivity index (χ2v) is 6.29. The van der Waals surface area contributed by atoms with E-state index in [-0.39, 0.29) is 17.5 Å². The average Bonchev–Trinajstić information content (AvgIpc) is 2.62. The number of ketones is 2. The summed E-state index contributed by atoms with van der Waals surface area (Å²) in [6.07, 6.45) is 4.96. The Morgan fingerprint density at radius 3 is 2.56 bits per heavy atom. The SMILES string of the molecule is C=C1CCC(=O)C(Nc2ccc(C(=O)OCCCCCC)cc2)C1=O. The van der Waals surface area contributed by atoms with Gasteiger partial charge in [0.1, 0.15) is 6.04 Å². The van der Waals surface area contributed by atoms with Crippen molar-refractivity contribution in [2.45, 2.75) is 51.5 Å². The summed E-state index contributed by atoms with van der Waals surface area (Å²) in [7, 11) is 0. The highest BCUT2D eigenvalue weighted by atomic mass is 16.5. The lowest BCUT2D eigenvalue weighted by molar-refractivity contribution is -0.128. The molecule has 0 spiro atoms. The summed E-state index contributed by atoms with van der Waals surface area (Å²) in [5, 5.41) is 2.93. The molecule has 0 bridgehead atoms. The molecule has 1 aliphatic rings. The van der Waals surface area contributed by atoms with Gasteiger partial charge in [0.2, 0.25) is 0 Å². The van der Waals surface area contributed by atoms with Crippen molar-refractivity contribution in [1.82, 2.24) is 0 Å². The van der Waals surface area contributed by atoms with Gasteiger partial charge < -0.3 is 10.1 Å². The van der Waals surface area contributed by atoms with Crippen LogP contribution >= 0.6 is 0 Å². The van der Waals surface area contributed by atoms with E-state index in [1.54, 1.807) is 24.3 Å². The van der Waals surface area contributed by atoms with Crippen molar-refractivity contribution in [1.29, 1.82) is 0 Å². The zero-order valence-corrected chi connectivity index (χ0v) is 14.7. The third-order valence-electron chi connectivity index (χ3n) is 4.27. The zero-order valence-electron chi connectivity index (χ0n) is 14.7. The Labute approximate surface area is 148 Å². The molecule has 1 aromatic carbocycles. The van der Waals surface area contributed by atoms with E-state index < -0.39 is 6.04 Å². The first-order valence-corrected chi connectivity index (χ1v) is 8.81. The molecule has 5 nitrogen and oxygen atoms in total. The molecule has 1 aromatic rings. The van der Waals surface area contributed by atoms with Gasteiger partial charge >= 0.3 is 5.97 Å². The van der Waals surface area contributed by atoms with E-state index in [2.05, 4.69) is 18.8 Å². The Hall–Kier alpha value is -2.43. The van der Waals surface area contributed by atoms with Crippen LogP contribution in [0, 0.1) is 0 Å². The van der Waals surface area contributed by atoms with E-state index >= 15 is 0 Å². The molecule has 1 atom stereocenters. The van der Waals surface area contributed by atoms with Gasteiger partial charge in [0.25, 0.3) is 0 Å². The third kappa shape index (κ3) is 5.28. The van der Waals surface area contributed by atoms with Crippen LogP contribution in [0.25, 0.3) is 0 Å². The molecule has 0 amide bonds. The van der Waals surface area contributed by atoms with Gasteiger partial charge in [-0.3, -0.25) is 9.59 Å². The molecule has 1 aliphatic carbocycles. The molecule has 0 aliphatic heterocycles. The molecule has 5 heteroatoms. The minimum absolute atomic E-state index is 0.132. The largest absolute Gasteiger partial charge is 0.462 e. The smallest absolute Gasteiger partial charge is 0.338 e. The van der Waals surface area contributed by atoms with Crippen molar-refractivity contribution in [2.75, 3.05) is 11.9 Å². The summed E-state index contributed by atoms with van der Waals surface area (Å²) in [5.41, 5.74) is 1.54. The van der Waals surface area contributed by atoms with Gasteiger partial charge in [-0.2, -0.15) is 0 Å². The van der Waals surface area contributed by atoms with Crippen LogP contribution in [0.4, 0.5) is 5.69 Å². The molecule has 25 heavy (non-hydrogen) atoms. The molecule has 0 aromatic heterocycles. The van der Waals surface area contributed by atoms with Crippen molar-refractivity contribution in [3.63, 3.8) is 0 Å². The van der Waals surface area contributed by atoms with Crippen molar-refractivity contribution in [2.24, 2.45) is 0 Å². The minimum Gasteiger partial charge on any atom is -0.462 e. The van der Waals surface area contributed by atoms with E-state index in [1.165, 1.54) is 0 Å². The zero-order chi connectivity index (χ0) is 18.2. The first kappa shape index (κ1) is 18.9. The number of carbonyl (C=O) groups excluding carboxylic acids is 3. The van der Waals surface area contributed by atoms with E-state index in [0.717, 1.165) is 25.7 Å². The number of nitrogens with one attached hydrogen (secondary N) is 1. The van der Waals surface area contributed by atoms with Crippen molar-refractivity contribution in [3.8, 4) is 0 Å². The molecule has 1 N–H and O–H groups in total. The normalized spacial score (nSPS) is 17.5. The van der Waals surface area contributed by atoms with Crippen LogP contribution in [0.5, 0.6) is 0 Å². The van der Waals surface area contributed by atoms with Crippen LogP contribution in [0.15, 0.2) is 36.4 Å². The fourth-order valence-electron chi connectivity index (χ4n) is 2.68. The van der Waals surface area contributed by atoms with Gasteiger partial charge in [-0.1, -0.05) is 32.8 Å². The fourth-order valence-corrected chi connectivity index (χ4v) is 2.68. The highest BCUT2D eigenvalue weighted by Gasteiger charge is 2.32. The second kappa shape index (κ2) is 9.16. The first-order valence-electron chi connectivity index (χ1n) is 8.81. The maximum Gasteiger partial charge on any atom is 0.338 e. The second-order valence-electron chi connectivity index (χ2n) is 6.29. The number of benzene rings is 1. The standard InChI is InChI=1S/C20H25NO4/c1-3-4-5-6-13-25-20(24)15-8-10-16(11-9-15)21-18-17(22)12-7-14(2)19(18)23/h8-11,18,21H,2-7,12-13H2,1H3. The number of hydrogen-bond donors (Lipinski definition) is 1. The van der Waals surface area contributed by atoms with E-state index in [9.17, 15) is 14.4 Å². The summed E-state index contributed by atoms with van der Waals surface area (Å²) < 4.78 is 5.23. The summed E-state index contributed by atoms with van der Waals surface area (Å²) in [4.78, 5) is 35.9. The number of ether oxygens (including phenoxy) is 1. The van der Waals surface area contributed by atoms with Crippen LogP contribution in [-0.4, -0.2) is 30.2 Å². The number of carbonyl (C=O) groups is 3. The Balaban J connectivity index is 1.89. The predicted molar refractivity (Wildman–Crippen MR) is 96.7 cm³/mol. The molecule has 0 radical (unpaired) electrons. The number of esters is 1. The Bertz CT molecular complexity index is 648. The van der Waals surface area contributed by atoms with Crippen LogP contribution in [0.2, 0.25) is 0 Å². The van der Waals surface area contributed by atoms with Gasteiger partial charge in [0.05, 0.1) is 12.2 Å². The lowest BCUT2D eigenvalue weighted by Gasteiger charge is -2.23. The Kier molecular flexibility index (Phi) is 6.92. The molecule has 0 heterocycles. The molecular weight excluding hydrogens is 318 g/mol. The number of rotatable bonds is 8. The lowest BCUT2D eigenvalue weighted by atomic mass is 9.89. The molecule has 134 valence electrons. The predicted octanol–water partition coefficient (Wildman–Crippen LogP) is 3.69. The first-order chi connectivity index (χ1) is 12.0. The van der Waals surface area contributed by atoms with Crippen molar-refractivity contribution < 1.29 is 19.1 Å². The van der Waals surface area contributed by atoms with Gasteiger partial charge in [-0.25, -0.2) is 4.79 Å².